The summed E-state index contributed by atoms with van der Waals surface area (Å²) in [5.41, 5.74) is 1.50. The van der Waals surface area contributed by atoms with Crippen LogP contribution in [0.2, 0.25) is 0 Å². The number of thiophene rings is 1. The number of hydrogen-bond donors (Lipinski definition) is 0. The molecule has 2 rings (SSSR count). The van der Waals surface area contributed by atoms with Crippen LogP contribution in [-0.2, 0) is 5.41 Å². The van der Waals surface area contributed by atoms with E-state index in [1.165, 1.54) is 10.4 Å². The van der Waals surface area contributed by atoms with Gasteiger partial charge in [0, 0.05) is 9.77 Å². The summed E-state index contributed by atoms with van der Waals surface area (Å²) in [6, 6.07) is 12.5. The Labute approximate surface area is 129 Å². The monoisotopic (exact) mass is 304 g/mol. The molecule has 0 spiro atoms. The van der Waals surface area contributed by atoms with Gasteiger partial charge in [-0.05, 0) is 42.2 Å². The lowest BCUT2D eigenvalue weighted by Crippen LogP contribution is -2.10. The first-order valence-corrected chi connectivity index (χ1v) is 8.49. The van der Waals surface area contributed by atoms with Crippen molar-refractivity contribution in [1.29, 1.82) is 0 Å². The van der Waals surface area contributed by atoms with Gasteiger partial charge in [0.05, 0.1) is 10.6 Å². The van der Waals surface area contributed by atoms with Gasteiger partial charge in [-0.25, -0.2) is 0 Å². The molecule has 0 unspecified atom stereocenters. The third-order valence-corrected chi connectivity index (χ3v) is 5.16. The lowest BCUT2D eigenvalue weighted by Gasteiger charge is -2.18. The van der Waals surface area contributed by atoms with Crippen LogP contribution in [-0.4, -0.2) is 11.5 Å². The minimum Gasteiger partial charge on any atom is -0.292 e. The summed E-state index contributed by atoms with van der Waals surface area (Å²) >= 11 is 3.18. The summed E-state index contributed by atoms with van der Waals surface area (Å²) in [7, 11) is 0. The molecule has 1 aromatic carbocycles. The maximum atomic E-state index is 12.0. The standard InChI is InChI=1S/C17H20OS2/c1-12-5-10-16(20-12)15(18)11-19-14-8-6-13(7-9-14)17(2,3)4/h5-10H,11H2,1-4H3. The third-order valence-electron chi connectivity index (χ3n) is 3.11. The van der Waals surface area contributed by atoms with Crippen LogP contribution < -0.4 is 0 Å². The van der Waals surface area contributed by atoms with Gasteiger partial charge in [0.1, 0.15) is 0 Å². The fourth-order valence-corrected chi connectivity index (χ4v) is 3.53. The van der Waals surface area contributed by atoms with Crippen molar-refractivity contribution in [2.75, 3.05) is 5.75 Å². The molecule has 0 aliphatic rings. The Bertz CT molecular complexity index is 588. The normalized spacial score (nSPS) is 11.6. The van der Waals surface area contributed by atoms with E-state index in [0.29, 0.717) is 5.75 Å². The number of rotatable bonds is 4. The van der Waals surface area contributed by atoms with Gasteiger partial charge in [0.15, 0.2) is 5.78 Å². The van der Waals surface area contributed by atoms with Crippen molar-refractivity contribution in [3.8, 4) is 0 Å². The van der Waals surface area contributed by atoms with Crippen molar-refractivity contribution >= 4 is 28.9 Å². The van der Waals surface area contributed by atoms with E-state index in [1.54, 1.807) is 23.1 Å². The fourth-order valence-electron chi connectivity index (χ4n) is 1.86. The van der Waals surface area contributed by atoms with Crippen LogP contribution in [0.3, 0.4) is 0 Å². The van der Waals surface area contributed by atoms with Crippen molar-refractivity contribution in [3.63, 3.8) is 0 Å². The molecule has 0 N–H and O–H groups in total. The number of benzene rings is 1. The second-order valence-electron chi connectivity index (χ2n) is 5.90. The van der Waals surface area contributed by atoms with Crippen molar-refractivity contribution in [3.05, 3.63) is 51.7 Å². The number of Topliss-reactive ketones (excluding diaryl/α,β-unsaturated/α-hetero) is 1. The number of carbonyl (C=O) groups is 1. The highest BCUT2D eigenvalue weighted by molar-refractivity contribution is 8.00. The smallest absolute Gasteiger partial charge is 0.182 e. The van der Waals surface area contributed by atoms with Crippen molar-refractivity contribution in [2.24, 2.45) is 0 Å². The zero-order valence-corrected chi connectivity index (χ0v) is 14.0. The molecule has 0 radical (unpaired) electrons. The van der Waals surface area contributed by atoms with Gasteiger partial charge < -0.3 is 0 Å². The van der Waals surface area contributed by atoms with E-state index >= 15 is 0 Å². The molecule has 3 heteroatoms. The Kier molecular flexibility index (Phi) is 4.71. The molecule has 0 bridgehead atoms. The average molecular weight is 304 g/mol. The van der Waals surface area contributed by atoms with Crippen LogP contribution in [0.25, 0.3) is 0 Å². The Hall–Kier alpha value is -1.06. The third kappa shape index (κ3) is 3.97. The second kappa shape index (κ2) is 6.15. The molecular formula is C17H20OS2. The first-order valence-electron chi connectivity index (χ1n) is 6.69. The highest BCUT2D eigenvalue weighted by Gasteiger charge is 2.13. The van der Waals surface area contributed by atoms with E-state index in [-0.39, 0.29) is 11.2 Å². The fraction of sp³-hybridized carbons (Fsp3) is 0.353. The van der Waals surface area contributed by atoms with E-state index < -0.39 is 0 Å². The number of aryl methyl sites for hydroxylation is 1. The highest BCUT2D eigenvalue weighted by Crippen LogP contribution is 2.26. The molecule has 1 aromatic heterocycles. The molecule has 0 atom stereocenters. The van der Waals surface area contributed by atoms with Gasteiger partial charge in [-0.3, -0.25) is 4.79 Å². The summed E-state index contributed by atoms with van der Waals surface area (Å²) in [6.45, 7) is 8.65. The van der Waals surface area contributed by atoms with Gasteiger partial charge in [-0.1, -0.05) is 32.9 Å². The van der Waals surface area contributed by atoms with Crippen LogP contribution in [0.5, 0.6) is 0 Å². The Morgan fingerprint density at radius 1 is 1.10 bits per heavy atom. The van der Waals surface area contributed by atoms with Crippen LogP contribution in [0.4, 0.5) is 0 Å². The molecule has 1 heterocycles. The lowest BCUT2D eigenvalue weighted by molar-refractivity contribution is 0.102. The van der Waals surface area contributed by atoms with E-state index in [1.807, 2.05) is 19.1 Å². The maximum Gasteiger partial charge on any atom is 0.182 e. The topological polar surface area (TPSA) is 17.1 Å². The second-order valence-corrected chi connectivity index (χ2v) is 8.23. The van der Waals surface area contributed by atoms with Crippen molar-refractivity contribution in [2.45, 2.75) is 38.0 Å². The minimum atomic E-state index is 0.174. The molecule has 0 aliphatic heterocycles. The minimum absolute atomic E-state index is 0.174. The first kappa shape index (κ1) is 15.3. The zero-order chi connectivity index (χ0) is 14.8. The largest absolute Gasteiger partial charge is 0.292 e. The van der Waals surface area contributed by atoms with Gasteiger partial charge >= 0.3 is 0 Å². The molecule has 106 valence electrons. The summed E-state index contributed by atoms with van der Waals surface area (Å²) in [6.07, 6.45) is 0. The first-order chi connectivity index (χ1) is 9.36. The Balaban J connectivity index is 1.96. The highest BCUT2D eigenvalue weighted by atomic mass is 32.2. The Morgan fingerprint density at radius 3 is 2.25 bits per heavy atom. The SMILES string of the molecule is Cc1ccc(C(=O)CSc2ccc(C(C)(C)C)cc2)s1. The quantitative estimate of drug-likeness (QED) is 0.561. The van der Waals surface area contributed by atoms with Gasteiger partial charge in [-0.15, -0.1) is 23.1 Å². The molecule has 0 aliphatic carbocycles. The molecule has 0 saturated carbocycles. The van der Waals surface area contributed by atoms with Gasteiger partial charge in [0.2, 0.25) is 0 Å². The van der Waals surface area contributed by atoms with Crippen molar-refractivity contribution < 1.29 is 4.79 Å². The predicted molar refractivity (Wildman–Crippen MR) is 89.3 cm³/mol. The lowest BCUT2D eigenvalue weighted by atomic mass is 9.87. The molecule has 20 heavy (non-hydrogen) atoms. The van der Waals surface area contributed by atoms with E-state index in [9.17, 15) is 4.79 Å². The van der Waals surface area contributed by atoms with Gasteiger partial charge in [0.25, 0.3) is 0 Å². The molecule has 0 saturated heterocycles. The number of ketones is 1. The summed E-state index contributed by atoms with van der Waals surface area (Å²) in [5, 5.41) is 0. The number of hydrogen-bond acceptors (Lipinski definition) is 3. The number of carbonyl (C=O) groups excluding carboxylic acids is 1. The van der Waals surface area contributed by atoms with Crippen LogP contribution >= 0.6 is 23.1 Å². The molecule has 0 amide bonds. The van der Waals surface area contributed by atoms with Crippen molar-refractivity contribution in [1.82, 2.24) is 0 Å². The van der Waals surface area contributed by atoms with E-state index in [2.05, 4.69) is 45.0 Å². The Morgan fingerprint density at radius 2 is 1.75 bits per heavy atom. The molecule has 2 aromatic rings. The summed E-state index contributed by atoms with van der Waals surface area (Å²) < 4.78 is 0. The summed E-state index contributed by atoms with van der Waals surface area (Å²) in [4.78, 5) is 15.2. The maximum absolute atomic E-state index is 12.0. The summed E-state index contributed by atoms with van der Waals surface area (Å²) in [5.74, 6) is 0.724. The zero-order valence-electron chi connectivity index (χ0n) is 12.4. The average Bonchev–Trinajstić information content (AvgIpc) is 2.82. The van der Waals surface area contributed by atoms with Gasteiger partial charge in [-0.2, -0.15) is 0 Å². The predicted octanol–water partition coefficient (Wildman–Crippen LogP) is 5.33. The molecule has 1 nitrogen and oxygen atoms in total. The number of thioether (sulfide) groups is 1. The van der Waals surface area contributed by atoms with E-state index in [0.717, 1.165) is 9.77 Å². The molecule has 0 fully saturated rings. The van der Waals surface area contributed by atoms with Crippen LogP contribution in [0.15, 0.2) is 41.3 Å². The van der Waals surface area contributed by atoms with Crippen LogP contribution in [0.1, 0.15) is 40.9 Å². The van der Waals surface area contributed by atoms with Crippen LogP contribution in [0, 0.1) is 6.92 Å². The molecular weight excluding hydrogens is 284 g/mol. The van der Waals surface area contributed by atoms with E-state index in [4.69, 9.17) is 0 Å².